The van der Waals surface area contributed by atoms with Gasteiger partial charge in [0.2, 0.25) is 0 Å². The quantitative estimate of drug-likeness (QED) is 0.702. The van der Waals surface area contributed by atoms with E-state index in [-0.39, 0.29) is 11.8 Å². The van der Waals surface area contributed by atoms with Crippen molar-refractivity contribution in [2.24, 2.45) is 11.8 Å². The zero-order valence-electron chi connectivity index (χ0n) is 16.1. The lowest BCUT2D eigenvalue weighted by Crippen LogP contribution is -2.31. The molecule has 0 radical (unpaired) electrons. The van der Waals surface area contributed by atoms with E-state index >= 15 is 0 Å². The van der Waals surface area contributed by atoms with Gasteiger partial charge in [0.15, 0.2) is 0 Å². The molecular formula is C24H30O. The first-order valence-electron chi connectivity index (χ1n) is 9.60. The van der Waals surface area contributed by atoms with Crippen LogP contribution < -0.4 is 0 Å². The number of Topliss-reactive ketones (excluding diaryl/α,β-unsaturated/α-hetero) is 1. The normalized spacial score (nSPS) is 20.7. The fourth-order valence-corrected chi connectivity index (χ4v) is 4.21. The number of rotatable bonds is 4. The summed E-state index contributed by atoms with van der Waals surface area (Å²) in [7, 11) is 0. The van der Waals surface area contributed by atoms with E-state index in [1.54, 1.807) is 0 Å². The highest BCUT2D eigenvalue weighted by Gasteiger charge is 2.31. The first-order chi connectivity index (χ1) is 11.9. The maximum atomic E-state index is 13.1. The van der Waals surface area contributed by atoms with Gasteiger partial charge in [0.05, 0.1) is 0 Å². The Morgan fingerprint density at radius 3 is 1.64 bits per heavy atom. The highest BCUT2D eigenvalue weighted by Crippen LogP contribution is 2.32. The van der Waals surface area contributed by atoms with Crippen LogP contribution in [0.1, 0.15) is 52.6 Å². The third-order valence-corrected chi connectivity index (χ3v) is 5.85. The van der Waals surface area contributed by atoms with E-state index in [2.05, 4.69) is 64.1 Å². The van der Waals surface area contributed by atoms with Crippen molar-refractivity contribution in [1.82, 2.24) is 0 Å². The van der Waals surface area contributed by atoms with Crippen LogP contribution in [-0.2, 0) is 17.6 Å². The average molecular weight is 335 g/mol. The van der Waals surface area contributed by atoms with Crippen LogP contribution in [0.15, 0.2) is 36.4 Å². The third kappa shape index (κ3) is 4.21. The zero-order valence-corrected chi connectivity index (χ0v) is 16.1. The molecule has 1 aliphatic rings. The minimum Gasteiger partial charge on any atom is -0.299 e. The minimum atomic E-state index is 0.198. The first-order valence-corrected chi connectivity index (χ1v) is 9.60. The van der Waals surface area contributed by atoms with E-state index in [4.69, 9.17) is 0 Å². The van der Waals surface area contributed by atoms with Crippen LogP contribution in [0.3, 0.4) is 0 Å². The van der Waals surface area contributed by atoms with Crippen LogP contribution in [0.5, 0.6) is 0 Å². The number of ketones is 1. The number of hydrogen-bond donors (Lipinski definition) is 0. The van der Waals surface area contributed by atoms with Gasteiger partial charge in [-0.15, -0.1) is 0 Å². The molecule has 0 aromatic heterocycles. The Balaban J connectivity index is 1.74. The molecule has 0 aliphatic heterocycles. The highest BCUT2D eigenvalue weighted by atomic mass is 16.1. The zero-order chi connectivity index (χ0) is 18.0. The van der Waals surface area contributed by atoms with Crippen molar-refractivity contribution in [2.45, 2.75) is 59.8 Å². The van der Waals surface area contributed by atoms with Crippen molar-refractivity contribution < 1.29 is 4.79 Å². The monoisotopic (exact) mass is 334 g/mol. The minimum absolute atomic E-state index is 0.198. The van der Waals surface area contributed by atoms with Gasteiger partial charge in [0.25, 0.3) is 0 Å². The summed E-state index contributed by atoms with van der Waals surface area (Å²) in [6.45, 7) is 8.59. The summed E-state index contributed by atoms with van der Waals surface area (Å²) in [5.41, 5.74) is 7.91. The van der Waals surface area contributed by atoms with E-state index < -0.39 is 0 Å². The molecule has 25 heavy (non-hydrogen) atoms. The fraction of sp³-hybridized carbons (Fsp3) is 0.458. The van der Waals surface area contributed by atoms with Gasteiger partial charge in [-0.2, -0.15) is 0 Å². The Bertz CT molecular complexity index is 708. The SMILES string of the molecule is Cc1ccc(C)c(C[C@@H]2CCC[C@@H](Cc3cc(C)ccc3C)C2=O)c1. The molecule has 2 aromatic rings. The van der Waals surface area contributed by atoms with E-state index in [1.165, 1.54) is 39.8 Å². The summed E-state index contributed by atoms with van der Waals surface area (Å²) in [5.74, 6) is 0.891. The summed E-state index contributed by atoms with van der Waals surface area (Å²) in [6, 6.07) is 13.2. The topological polar surface area (TPSA) is 17.1 Å². The van der Waals surface area contributed by atoms with Gasteiger partial charge < -0.3 is 0 Å². The van der Waals surface area contributed by atoms with Crippen molar-refractivity contribution >= 4 is 5.78 Å². The number of carbonyl (C=O) groups excluding carboxylic acids is 1. The molecule has 0 spiro atoms. The van der Waals surface area contributed by atoms with Crippen LogP contribution in [0, 0.1) is 39.5 Å². The maximum Gasteiger partial charge on any atom is 0.139 e. The summed E-state index contributed by atoms with van der Waals surface area (Å²) in [5, 5.41) is 0. The van der Waals surface area contributed by atoms with Gasteiger partial charge in [-0.3, -0.25) is 4.79 Å². The maximum absolute atomic E-state index is 13.1. The average Bonchev–Trinajstić information content (AvgIpc) is 2.58. The molecule has 132 valence electrons. The van der Waals surface area contributed by atoms with Gasteiger partial charge in [-0.25, -0.2) is 0 Å². The number of benzene rings is 2. The Labute approximate surface area is 152 Å². The Hall–Kier alpha value is -1.89. The first kappa shape index (κ1) is 17.9. The molecule has 3 rings (SSSR count). The fourth-order valence-electron chi connectivity index (χ4n) is 4.21. The molecule has 0 bridgehead atoms. The number of hydrogen-bond acceptors (Lipinski definition) is 1. The van der Waals surface area contributed by atoms with Gasteiger partial charge in [-0.1, -0.05) is 53.9 Å². The van der Waals surface area contributed by atoms with Crippen molar-refractivity contribution in [3.8, 4) is 0 Å². The molecule has 1 aliphatic carbocycles. The Morgan fingerprint density at radius 2 is 1.20 bits per heavy atom. The lowest BCUT2D eigenvalue weighted by atomic mass is 9.74. The van der Waals surface area contributed by atoms with Gasteiger partial charge in [0.1, 0.15) is 5.78 Å². The molecule has 1 nitrogen and oxygen atoms in total. The standard InChI is InChI=1S/C24H30O/c1-16-8-10-18(3)22(12-16)14-20-6-5-7-21(24(20)25)15-23-13-17(2)9-11-19(23)4/h8-13,20-21H,5-7,14-15H2,1-4H3/t20-,21-/m0/s1. The second-order valence-electron chi connectivity index (χ2n) is 8.00. The van der Waals surface area contributed by atoms with Crippen LogP contribution in [0.2, 0.25) is 0 Å². The molecule has 1 saturated carbocycles. The number of carbonyl (C=O) groups is 1. The largest absolute Gasteiger partial charge is 0.299 e. The molecule has 0 saturated heterocycles. The molecule has 0 unspecified atom stereocenters. The van der Waals surface area contributed by atoms with Crippen LogP contribution in [-0.4, -0.2) is 5.78 Å². The van der Waals surface area contributed by atoms with Gasteiger partial charge in [0, 0.05) is 11.8 Å². The van der Waals surface area contributed by atoms with Crippen LogP contribution in [0.4, 0.5) is 0 Å². The predicted octanol–water partition coefficient (Wildman–Crippen LogP) is 5.69. The van der Waals surface area contributed by atoms with Gasteiger partial charge in [-0.05, 0) is 75.6 Å². The summed E-state index contributed by atoms with van der Waals surface area (Å²) in [4.78, 5) is 13.1. The van der Waals surface area contributed by atoms with E-state index in [1.807, 2.05) is 0 Å². The Morgan fingerprint density at radius 1 is 0.760 bits per heavy atom. The molecule has 0 N–H and O–H groups in total. The van der Waals surface area contributed by atoms with Crippen molar-refractivity contribution in [3.63, 3.8) is 0 Å². The highest BCUT2D eigenvalue weighted by molar-refractivity contribution is 5.84. The molecule has 0 amide bonds. The molecule has 1 heteroatoms. The molecular weight excluding hydrogens is 304 g/mol. The predicted molar refractivity (Wildman–Crippen MR) is 105 cm³/mol. The Kier molecular flexibility index (Phi) is 5.42. The van der Waals surface area contributed by atoms with Crippen molar-refractivity contribution in [1.29, 1.82) is 0 Å². The molecule has 0 heterocycles. The lowest BCUT2D eigenvalue weighted by Gasteiger charge is -2.29. The van der Waals surface area contributed by atoms with Crippen molar-refractivity contribution in [3.05, 3.63) is 69.8 Å². The van der Waals surface area contributed by atoms with Crippen molar-refractivity contribution in [2.75, 3.05) is 0 Å². The number of aryl methyl sites for hydroxylation is 4. The molecule has 2 aromatic carbocycles. The van der Waals surface area contributed by atoms with E-state index in [0.29, 0.717) is 5.78 Å². The second kappa shape index (κ2) is 7.56. The summed E-state index contributed by atoms with van der Waals surface area (Å²) < 4.78 is 0. The van der Waals surface area contributed by atoms with Crippen LogP contribution in [0.25, 0.3) is 0 Å². The second-order valence-corrected chi connectivity index (χ2v) is 8.00. The summed E-state index contributed by atoms with van der Waals surface area (Å²) >= 11 is 0. The molecule has 2 atom stereocenters. The molecule has 1 fully saturated rings. The van der Waals surface area contributed by atoms with Crippen LogP contribution >= 0.6 is 0 Å². The van der Waals surface area contributed by atoms with Gasteiger partial charge >= 0.3 is 0 Å². The summed E-state index contributed by atoms with van der Waals surface area (Å²) in [6.07, 6.45) is 5.10. The third-order valence-electron chi connectivity index (χ3n) is 5.85. The van der Waals surface area contributed by atoms with E-state index in [9.17, 15) is 4.79 Å². The smallest absolute Gasteiger partial charge is 0.139 e. The lowest BCUT2D eigenvalue weighted by molar-refractivity contribution is -0.129. The van der Waals surface area contributed by atoms with E-state index in [0.717, 1.165) is 25.7 Å².